The molecule has 5 nitrogen and oxygen atoms in total. The van der Waals surface area contributed by atoms with Crippen molar-refractivity contribution in [1.29, 1.82) is 0 Å². The minimum absolute atomic E-state index is 0.0906. The lowest BCUT2D eigenvalue weighted by Crippen LogP contribution is -2.21. The second kappa shape index (κ2) is 8.41. The summed E-state index contributed by atoms with van der Waals surface area (Å²) in [6, 6.07) is 21.7. The fraction of sp³-hybridized carbons (Fsp3) is 0.200. The molecule has 0 spiro atoms. The summed E-state index contributed by atoms with van der Waals surface area (Å²) in [5, 5.41) is 3.06. The van der Waals surface area contributed by atoms with E-state index in [0.29, 0.717) is 5.82 Å². The van der Waals surface area contributed by atoms with Gasteiger partial charge in [0.05, 0.1) is 11.0 Å². The van der Waals surface area contributed by atoms with Gasteiger partial charge in [0.2, 0.25) is 5.91 Å². The maximum absolute atomic E-state index is 12.9. The maximum atomic E-state index is 12.9. The van der Waals surface area contributed by atoms with E-state index in [1.54, 1.807) is 0 Å². The number of nitrogens with one attached hydrogen (secondary N) is 1. The van der Waals surface area contributed by atoms with Gasteiger partial charge in [-0.15, -0.1) is 0 Å². The summed E-state index contributed by atoms with van der Waals surface area (Å²) >= 11 is 0. The third-order valence-electron chi connectivity index (χ3n) is 5.17. The van der Waals surface area contributed by atoms with Crippen molar-refractivity contribution in [3.63, 3.8) is 0 Å². The van der Waals surface area contributed by atoms with Crippen LogP contribution in [0.4, 0.5) is 5.69 Å². The van der Waals surface area contributed by atoms with E-state index in [1.165, 1.54) is 5.56 Å². The lowest BCUT2D eigenvalue weighted by atomic mass is 10.1. The largest absolute Gasteiger partial charge is 0.486 e. The van der Waals surface area contributed by atoms with Gasteiger partial charge in [0.1, 0.15) is 24.7 Å². The Hall–Kier alpha value is -3.60. The molecule has 30 heavy (non-hydrogen) atoms. The number of aryl methyl sites for hydroxylation is 3. The van der Waals surface area contributed by atoms with E-state index >= 15 is 0 Å². The van der Waals surface area contributed by atoms with Gasteiger partial charge in [-0.2, -0.15) is 0 Å². The van der Waals surface area contributed by atoms with Crippen LogP contribution in [-0.4, -0.2) is 15.5 Å². The SMILES string of the molecule is Cc1ccc(OCc2nc3ccccc3n2CC(=O)Nc2c(C)cccc2C)cc1. The van der Waals surface area contributed by atoms with Crippen LogP contribution in [0.25, 0.3) is 11.0 Å². The molecular weight excluding hydrogens is 374 g/mol. The number of aromatic nitrogens is 2. The molecule has 1 N–H and O–H groups in total. The van der Waals surface area contributed by atoms with E-state index in [9.17, 15) is 4.79 Å². The van der Waals surface area contributed by atoms with E-state index in [1.807, 2.05) is 92.1 Å². The summed E-state index contributed by atoms with van der Waals surface area (Å²) in [5.41, 5.74) is 5.89. The van der Waals surface area contributed by atoms with Crippen molar-refractivity contribution in [3.8, 4) is 5.75 Å². The number of amides is 1. The Morgan fingerprint density at radius 3 is 2.37 bits per heavy atom. The smallest absolute Gasteiger partial charge is 0.244 e. The average Bonchev–Trinajstić information content (AvgIpc) is 3.08. The summed E-state index contributed by atoms with van der Waals surface area (Å²) < 4.78 is 7.86. The molecule has 0 radical (unpaired) electrons. The molecule has 0 saturated heterocycles. The Kier molecular flexibility index (Phi) is 5.53. The monoisotopic (exact) mass is 399 g/mol. The Labute approximate surface area is 176 Å². The van der Waals surface area contributed by atoms with E-state index in [0.717, 1.165) is 33.6 Å². The molecule has 1 heterocycles. The number of benzene rings is 3. The van der Waals surface area contributed by atoms with Crippen LogP contribution in [0.2, 0.25) is 0 Å². The van der Waals surface area contributed by atoms with Crippen LogP contribution in [0.1, 0.15) is 22.5 Å². The number of carbonyl (C=O) groups is 1. The highest BCUT2D eigenvalue weighted by Gasteiger charge is 2.15. The van der Waals surface area contributed by atoms with Crippen molar-refractivity contribution in [1.82, 2.24) is 9.55 Å². The predicted octanol–water partition coefficient (Wildman–Crippen LogP) is 5.18. The topological polar surface area (TPSA) is 56.2 Å². The van der Waals surface area contributed by atoms with Crippen LogP contribution in [0.3, 0.4) is 0 Å². The van der Waals surface area contributed by atoms with Gasteiger partial charge in [0.25, 0.3) is 0 Å². The molecule has 4 aromatic rings. The van der Waals surface area contributed by atoms with Gasteiger partial charge in [-0.1, -0.05) is 48.0 Å². The number of hydrogen-bond donors (Lipinski definition) is 1. The Morgan fingerprint density at radius 2 is 1.63 bits per heavy atom. The number of nitrogens with zero attached hydrogens (tertiary/aromatic N) is 2. The summed E-state index contributed by atoms with van der Waals surface area (Å²) in [6.45, 7) is 6.49. The number of hydrogen-bond acceptors (Lipinski definition) is 3. The molecule has 3 aromatic carbocycles. The Morgan fingerprint density at radius 1 is 0.933 bits per heavy atom. The molecule has 4 rings (SSSR count). The van der Waals surface area contributed by atoms with Crippen LogP contribution in [0.5, 0.6) is 5.75 Å². The van der Waals surface area contributed by atoms with Crippen LogP contribution in [-0.2, 0) is 17.9 Å². The molecule has 1 amide bonds. The maximum Gasteiger partial charge on any atom is 0.244 e. The number of anilines is 1. The third-order valence-corrected chi connectivity index (χ3v) is 5.17. The summed E-state index contributed by atoms with van der Waals surface area (Å²) in [4.78, 5) is 17.6. The number of carbonyl (C=O) groups excluding carboxylic acids is 1. The van der Waals surface area contributed by atoms with Gasteiger partial charge in [0, 0.05) is 5.69 Å². The highest BCUT2D eigenvalue weighted by molar-refractivity contribution is 5.93. The van der Waals surface area contributed by atoms with Crippen molar-refractivity contribution in [2.45, 2.75) is 33.9 Å². The highest BCUT2D eigenvalue weighted by atomic mass is 16.5. The molecule has 0 saturated carbocycles. The zero-order valence-electron chi connectivity index (χ0n) is 17.5. The van der Waals surface area contributed by atoms with Crippen LogP contribution < -0.4 is 10.1 Å². The Bertz CT molecular complexity index is 1170. The van der Waals surface area contributed by atoms with Crippen LogP contribution in [0.15, 0.2) is 66.7 Å². The normalized spacial score (nSPS) is 10.9. The summed E-state index contributed by atoms with van der Waals surface area (Å²) in [5.74, 6) is 1.40. The molecule has 0 aliphatic heterocycles. The van der Waals surface area contributed by atoms with Gasteiger partial charge in [-0.25, -0.2) is 4.98 Å². The second-order valence-electron chi connectivity index (χ2n) is 7.52. The van der Waals surface area contributed by atoms with E-state index in [2.05, 4.69) is 5.32 Å². The van der Waals surface area contributed by atoms with Crippen LogP contribution >= 0.6 is 0 Å². The number of imidazole rings is 1. The number of ether oxygens (including phenoxy) is 1. The molecule has 0 fully saturated rings. The standard InChI is InChI=1S/C25H25N3O2/c1-17-11-13-20(14-12-17)30-16-23-26-21-9-4-5-10-22(21)28(23)15-24(29)27-25-18(2)7-6-8-19(25)3/h4-14H,15-16H2,1-3H3,(H,27,29). The third kappa shape index (κ3) is 4.20. The fourth-order valence-electron chi connectivity index (χ4n) is 3.53. The predicted molar refractivity (Wildman–Crippen MR) is 120 cm³/mol. The first kappa shape index (κ1) is 19.7. The lowest BCUT2D eigenvalue weighted by molar-refractivity contribution is -0.116. The van der Waals surface area contributed by atoms with Crippen molar-refractivity contribution < 1.29 is 9.53 Å². The van der Waals surface area contributed by atoms with Gasteiger partial charge in [0.15, 0.2) is 0 Å². The van der Waals surface area contributed by atoms with E-state index in [4.69, 9.17) is 9.72 Å². The number of fused-ring (bicyclic) bond motifs is 1. The molecule has 152 valence electrons. The minimum atomic E-state index is -0.0906. The van der Waals surface area contributed by atoms with Gasteiger partial charge < -0.3 is 14.6 Å². The van der Waals surface area contributed by atoms with Crippen LogP contribution in [0, 0.1) is 20.8 Å². The molecule has 0 aliphatic carbocycles. The van der Waals surface area contributed by atoms with Crippen molar-refractivity contribution >= 4 is 22.6 Å². The fourth-order valence-corrected chi connectivity index (χ4v) is 3.53. The van der Waals surface area contributed by atoms with Crippen molar-refractivity contribution in [3.05, 3.63) is 89.2 Å². The molecule has 0 atom stereocenters. The molecule has 0 aliphatic rings. The minimum Gasteiger partial charge on any atom is -0.486 e. The zero-order valence-corrected chi connectivity index (χ0v) is 17.5. The lowest BCUT2D eigenvalue weighted by Gasteiger charge is -2.14. The summed E-state index contributed by atoms with van der Waals surface area (Å²) in [6.07, 6.45) is 0. The number of para-hydroxylation sites is 3. The molecule has 0 bridgehead atoms. The molecule has 0 unspecified atom stereocenters. The first-order valence-electron chi connectivity index (χ1n) is 10.0. The van der Waals surface area contributed by atoms with Gasteiger partial charge >= 0.3 is 0 Å². The number of rotatable bonds is 6. The zero-order chi connectivity index (χ0) is 21.1. The average molecular weight is 399 g/mol. The summed E-state index contributed by atoms with van der Waals surface area (Å²) in [7, 11) is 0. The first-order chi connectivity index (χ1) is 14.5. The second-order valence-corrected chi connectivity index (χ2v) is 7.52. The van der Waals surface area contributed by atoms with Gasteiger partial charge in [-0.3, -0.25) is 4.79 Å². The van der Waals surface area contributed by atoms with Crippen molar-refractivity contribution in [2.75, 3.05) is 5.32 Å². The Balaban J connectivity index is 1.58. The quantitative estimate of drug-likeness (QED) is 0.486. The van der Waals surface area contributed by atoms with Gasteiger partial charge in [-0.05, 0) is 56.2 Å². The van der Waals surface area contributed by atoms with Crippen molar-refractivity contribution in [2.24, 2.45) is 0 Å². The van der Waals surface area contributed by atoms with E-state index in [-0.39, 0.29) is 19.1 Å². The molecule has 1 aromatic heterocycles. The highest BCUT2D eigenvalue weighted by Crippen LogP contribution is 2.21. The molecule has 5 heteroatoms. The first-order valence-corrected chi connectivity index (χ1v) is 10.0. The van der Waals surface area contributed by atoms with E-state index < -0.39 is 0 Å². The molecular formula is C25H25N3O2.